The van der Waals surface area contributed by atoms with E-state index >= 15 is 0 Å². The molecule has 2 aliphatic rings. The fourth-order valence-electron chi connectivity index (χ4n) is 3.97. The van der Waals surface area contributed by atoms with Crippen molar-refractivity contribution in [3.63, 3.8) is 0 Å². The van der Waals surface area contributed by atoms with Crippen LogP contribution < -0.4 is 16.2 Å². The molecule has 126 valence electrons. The number of rotatable bonds is 3. The largest absolute Gasteiger partial charge is 0.349 e. The van der Waals surface area contributed by atoms with Crippen LogP contribution in [0.5, 0.6) is 0 Å². The summed E-state index contributed by atoms with van der Waals surface area (Å²) < 4.78 is 0. The molecule has 5 heteroatoms. The lowest BCUT2D eigenvalue weighted by molar-refractivity contribution is 0.0915. The normalized spacial score (nSPS) is 28.7. The van der Waals surface area contributed by atoms with Gasteiger partial charge < -0.3 is 5.32 Å². The van der Waals surface area contributed by atoms with Crippen molar-refractivity contribution >= 4 is 11.5 Å². The molecule has 1 aromatic rings. The Labute approximate surface area is 143 Å². The zero-order valence-electron chi connectivity index (χ0n) is 14.2. The summed E-state index contributed by atoms with van der Waals surface area (Å²) in [7, 11) is 0. The molecule has 1 amide bonds. The minimum Gasteiger partial charge on any atom is -0.349 e. The quantitative estimate of drug-likeness (QED) is 0.798. The molecule has 4 unspecified atom stereocenters. The molecule has 24 heavy (non-hydrogen) atoms. The third-order valence-electron chi connectivity index (χ3n) is 5.23. The van der Waals surface area contributed by atoms with E-state index in [2.05, 4.69) is 35.7 Å². The number of nitrogens with one attached hydrogen (secondary N) is 3. The summed E-state index contributed by atoms with van der Waals surface area (Å²) in [6, 6.07) is 8.50. The zero-order valence-corrected chi connectivity index (χ0v) is 14.2. The molecule has 1 aliphatic heterocycles. The highest BCUT2D eigenvalue weighted by molar-refractivity contribution is 6.00. The topological polar surface area (TPSA) is 77.0 Å². The van der Waals surface area contributed by atoms with Gasteiger partial charge in [0.05, 0.1) is 11.6 Å². The first-order valence-electron chi connectivity index (χ1n) is 8.52. The van der Waals surface area contributed by atoms with Crippen molar-refractivity contribution < 1.29 is 4.79 Å². The number of nitrogens with zero attached hydrogens (tertiary/aromatic N) is 1. The van der Waals surface area contributed by atoms with Crippen molar-refractivity contribution in [3.05, 3.63) is 41.5 Å². The van der Waals surface area contributed by atoms with Gasteiger partial charge in [-0.25, -0.2) is 0 Å². The number of amides is 1. The SMILES string of the molecule is C=C(C)c1c(C#N)cccc1C(=O)NC1CCC2NNC(C)C2C1. The molecule has 1 aromatic carbocycles. The summed E-state index contributed by atoms with van der Waals surface area (Å²) in [5.41, 5.74) is 9.07. The minimum atomic E-state index is -0.111. The average Bonchev–Trinajstić information content (AvgIpc) is 2.94. The molecule has 1 saturated heterocycles. The van der Waals surface area contributed by atoms with Gasteiger partial charge in [-0.2, -0.15) is 5.26 Å². The molecule has 1 saturated carbocycles. The molecule has 1 heterocycles. The molecule has 3 rings (SSSR count). The van der Waals surface area contributed by atoms with E-state index in [4.69, 9.17) is 0 Å². The van der Waals surface area contributed by atoms with E-state index in [1.54, 1.807) is 18.2 Å². The Hall–Kier alpha value is -2.16. The first-order chi connectivity index (χ1) is 11.5. The van der Waals surface area contributed by atoms with Crippen LogP contribution in [0, 0.1) is 17.2 Å². The van der Waals surface area contributed by atoms with Crippen LogP contribution in [-0.4, -0.2) is 24.0 Å². The molecule has 4 atom stereocenters. The van der Waals surface area contributed by atoms with Crippen LogP contribution in [-0.2, 0) is 0 Å². The van der Waals surface area contributed by atoms with Crippen molar-refractivity contribution in [1.29, 1.82) is 5.26 Å². The highest BCUT2D eigenvalue weighted by Gasteiger charge is 2.38. The van der Waals surface area contributed by atoms with Gasteiger partial charge in [-0.3, -0.25) is 15.6 Å². The second kappa shape index (κ2) is 6.76. The van der Waals surface area contributed by atoms with E-state index in [0.717, 1.165) is 24.8 Å². The number of carbonyl (C=O) groups excluding carboxylic acids is 1. The Morgan fingerprint density at radius 1 is 1.38 bits per heavy atom. The summed E-state index contributed by atoms with van der Waals surface area (Å²) in [6.07, 6.45) is 2.99. The Balaban J connectivity index is 1.76. The number of hydrogen-bond donors (Lipinski definition) is 3. The van der Waals surface area contributed by atoms with Gasteiger partial charge in [0.25, 0.3) is 5.91 Å². The maximum absolute atomic E-state index is 12.8. The Morgan fingerprint density at radius 2 is 2.17 bits per heavy atom. The number of hydrazine groups is 1. The minimum absolute atomic E-state index is 0.111. The summed E-state index contributed by atoms with van der Waals surface area (Å²) in [5.74, 6) is 0.426. The van der Waals surface area contributed by atoms with Gasteiger partial charge in [-0.15, -0.1) is 0 Å². The van der Waals surface area contributed by atoms with E-state index in [9.17, 15) is 10.1 Å². The lowest BCUT2D eigenvalue weighted by Crippen LogP contribution is -2.44. The molecule has 1 aliphatic carbocycles. The highest BCUT2D eigenvalue weighted by atomic mass is 16.1. The van der Waals surface area contributed by atoms with Crippen molar-refractivity contribution in [1.82, 2.24) is 16.2 Å². The number of allylic oxidation sites excluding steroid dienone is 1. The van der Waals surface area contributed by atoms with Crippen LogP contribution in [0.1, 0.15) is 54.6 Å². The predicted molar refractivity (Wildman–Crippen MR) is 94.0 cm³/mol. The number of fused-ring (bicyclic) bond motifs is 1. The van der Waals surface area contributed by atoms with E-state index < -0.39 is 0 Å². The fourth-order valence-corrected chi connectivity index (χ4v) is 3.97. The maximum Gasteiger partial charge on any atom is 0.252 e. The van der Waals surface area contributed by atoms with Crippen molar-refractivity contribution in [2.45, 2.75) is 51.2 Å². The van der Waals surface area contributed by atoms with Crippen molar-refractivity contribution in [3.8, 4) is 6.07 Å². The van der Waals surface area contributed by atoms with Gasteiger partial charge in [0.1, 0.15) is 0 Å². The van der Waals surface area contributed by atoms with E-state index in [0.29, 0.717) is 34.7 Å². The average molecular weight is 324 g/mol. The van der Waals surface area contributed by atoms with Crippen molar-refractivity contribution in [2.75, 3.05) is 0 Å². The van der Waals surface area contributed by atoms with Crippen LogP contribution in [0.2, 0.25) is 0 Å². The van der Waals surface area contributed by atoms with Gasteiger partial charge >= 0.3 is 0 Å². The van der Waals surface area contributed by atoms with E-state index in [1.807, 2.05) is 6.92 Å². The standard InChI is InChI=1S/C19H24N4O/c1-11(2)18-13(10-20)5-4-6-15(18)19(24)21-14-7-8-17-16(9-14)12(3)22-23-17/h4-6,12,14,16-17,22-23H,1,7-9H2,2-3H3,(H,21,24). The van der Waals surface area contributed by atoms with Crippen molar-refractivity contribution in [2.24, 2.45) is 5.92 Å². The second-order valence-corrected chi connectivity index (χ2v) is 6.95. The Morgan fingerprint density at radius 3 is 2.88 bits per heavy atom. The smallest absolute Gasteiger partial charge is 0.252 e. The maximum atomic E-state index is 12.8. The second-order valence-electron chi connectivity index (χ2n) is 6.95. The molecular formula is C19H24N4O. The number of nitriles is 1. The molecule has 0 spiro atoms. The van der Waals surface area contributed by atoms with Crippen LogP contribution in [0.3, 0.4) is 0 Å². The monoisotopic (exact) mass is 324 g/mol. The van der Waals surface area contributed by atoms with Crippen LogP contribution >= 0.6 is 0 Å². The van der Waals surface area contributed by atoms with Crippen LogP contribution in [0.15, 0.2) is 24.8 Å². The predicted octanol–water partition coefficient (Wildman–Crippen LogP) is 2.35. The van der Waals surface area contributed by atoms with E-state index in [-0.39, 0.29) is 11.9 Å². The third kappa shape index (κ3) is 3.08. The molecule has 3 N–H and O–H groups in total. The molecule has 0 radical (unpaired) electrons. The van der Waals surface area contributed by atoms with E-state index in [1.165, 1.54) is 0 Å². The Kier molecular flexibility index (Phi) is 4.70. The third-order valence-corrected chi connectivity index (χ3v) is 5.23. The summed E-state index contributed by atoms with van der Waals surface area (Å²) >= 11 is 0. The summed E-state index contributed by atoms with van der Waals surface area (Å²) in [6.45, 7) is 7.94. The molecule has 0 bridgehead atoms. The molecule has 2 fully saturated rings. The first kappa shape index (κ1) is 16.7. The summed E-state index contributed by atoms with van der Waals surface area (Å²) in [5, 5.41) is 12.5. The Bertz CT molecular complexity index is 706. The highest BCUT2D eigenvalue weighted by Crippen LogP contribution is 2.30. The lowest BCUT2D eigenvalue weighted by Gasteiger charge is -2.33. The van der Waals surface area contributed by atoms with Gasteiger partial charge in [-0.05, 0) is 56.7 Å². The number of hydrogen-bond acceptors (Lipinski definition) is 4. The van der Waals surface area contributed by atoms with Gasteiger partial charge in [0.2, 0.25) is 0 Å². The van der Waals surface area contributed by atoms with Crippen LogP contribution in [0.25, 0.3) is 5.57 Å². The number of benzene rings is 1. The zero-order chi connectivity index (χ0) is 17.3. The van der Waals surface area contributed by atoms with Gasteiger partial charge in [-0.1, -0.05) is 12.6 Å². The first-order valence-corrected chi connectivity index (χ1v) is 8.52. The fraction of sp³-hybridized carbons (Fsp3) is 0.474. The van der Waals surface area contributed by atoms with Gasteiger partial charge in [0.15, 0.2) is 0 Å². The molecule has 5 nitrogen and oxygen atoms in total. The van der Waals surface area contributed by atoms with Gasteiger partial charge in [0, 0.05) is 29.3 Å². The lowest BCUT2D eigenvalue weighted by atomic mass is 9.79. The van der Waals surface area contributed by atoms with Crippen LogP contribution in [0.4, 0.5) is 0 Å². The molecule has 0 aromatic heterocycles. The molecular weight excluding hydrogens is 300 g/mol. The number of carbonyl (C=O) groups is 1. The summed E-state index contributed by atoms with van der Waals surface area (Å²) in [4.78, 5) is 12.8.